The average molecular weight is 220 g/mol. The third kappa shape index (κ3) is 1.98. The molecule has 6 heteroatoms. The molecule has 0 spiro atoms. The van der Waals surface area contributed by atoms with Gasteiger partial charge in [-0.1, -0.05) is 0 Å². The highest BCUT2D eigenvalue weighted by molar-refractivity contribution is 5.88. The first-order valence-corrected chi connectivity index (χ1v) is 4.85. The molecule has 1 aliphatic heterocycles. The summed E-state index contributed by atoms with van der Waals surface area (Å²) in [5.41, 5.74) is 0.236. The highest BCUT2D eigenvalue weighted by Crippen LogP contribution is 2.15. The second kappa shape index (κ2) is 4.23. The van der Waals surface area contributed by atoms with E-state index in [2.05, 4.69) is 9.97 Å². The van der Waals surface area contributed by atoms with Crippen molar-refractivity contribution in [2.45, 2.75) is 12.6 Å². The zero-order chi connectivity index (χ0) is 11.5. The van der Waals surface area contributed by atoms with E-state index in [1.54, 1.807) is 4.90 Å². The van der Waals surface area contributed by atoms with Crippen LogP contribution in [0.15, 0.2) is 12.3 Å². The number of anilines is 1. The molecule has 1 aromatic rings. The number of nitriles is 1. The molecule has 1 atom stereocenters. The molecular formula is C10H9FN4O. The van der Waals surface area contributed by atoms with E-state index in [9.17, 15) is 9.18 Å². The summed E-state index contributed by atoms with van der Waals surface area (Å²) in [7, 11) is 0. The number of carbonyl (C=O) groups is 1. The number of piperidine rings is 1. The van der Waals surface area contributed by atoms with Gasteiger partial charge in [0.05, 0.1) is 6.54 Å². The van der Waals surface area contributed by atoms with Gasteiger partial charge in [0, 0.05) is 19.2 Å². The van der Waals surface area contributed by atoms with Crippen molar-refractivity contribution in [3.8, 4) is 6.07 Å². The lowest BCUT2D eigenvalue weighted by Crippen LogP contribution is -2.42. The van der Waals surface area contributed by atoms with Crippen LogP contribution in [0.5, 0.6) is 0 Å². The van der Waals surface area contributed by atoms with Crippen molar-refractivity contribution in [3.05, 3.63) is 18.0 Å². The molecule has 1 unspecified atom stereocenters. The highest BCUT2D eigenvalue weighted by atomic mass is 19.1. The van der Waals surface area contributed by atoms with Gasteiger partial charge in [-0.3, -0.25) is 4.79 Å². The number of Topliss-reactive ketones (excluding diaryl/α,β-unsaturated/α-hetero) is 1. The van der Waals surface area contributed by atoms with E-state index in [1.165, 1.54) is 12.3 Å². The summed E-state index contributed by atoms with van der Waals surface area (Å²) in [6.07, 6.45) is 0.224. The van der Waals surface area contributed by atoms with Crippen LogP contribution < -0.4 is 4.90 Å². The molecule has 0 aromatic carbocycles. The number of alkyl halides is 1. The van der Waals surface area contributed by atoms with Crippen molar-refractivity contribution in [2.24, 2.45) is 0 Å². The van der Waals surface area contributed by atoms with Crippen LogP contribution in [0.4, 0.5) is 10.3 Å². The van der Waals surface area contributed by atoms with Crippen LogP contribution in [0.1, 0.15) is 12.1 Å². The Morgan fingerprint density at radius 3 is 3.12 bits per heavy atom. The minimum Gasteiger partial charge on any atom is -0.333 e. The predicted octanol–water partition coefficient (Wildman–Crippen LogP) is 0.466. The highest BCUT2D eigenvalue weighted by Gasteiger charge is 2.27. The summed E-state index contributed by atoms with van der Waals surface area (Å²) in [5, 5.41) is 8.67. The Bertz CT molecular complexity index is 456. The maximum absolute atomic E-state index is 12.9. The first kappa shape index (κ1) is 10.5. The zero-order valence-electron chi connectivity index (χ0n) is 8.43. The average Bonchev–Trinajstić information content (AvgIpc) is 2.33. The Morgan fingerprint density at radius 2 is 2.44 bits per heavy atom. The maximum atomic E-state index is 12.9. The monoisotopic (exact) mass is 220 g/mol. The van der Waals surface area contributed by atoms with Crippen LogP contribution in [-0.4, -0.2) is 35.0 Å². The topological polar surface area (TPSA) is 69.9 Å². The first-order chi connectivity index (χ1) is 7.70. The number of rotatable bonds is 1. The van der Waals surface area contributed by atoms with Gasteiger partial charge >= 0.3 is 0 Å². The fourth-order valence-corrected chi connectivity index (χ4v) is 1.53. The number of aromatic nitrogens is 2. The summed E-state index contributed by atoms with van der Waals surface area (Å²) < 4.78 is 12.9. The van der Waals surface area contributed by atoms with Gasteiger partial charge in [0.15, 0.2) is 12.0 Å². The largest absolute Gasteiger partial charge is 0.333 e. The third-order valence-corrected chi connectivity index (χ3v) is 2.39. The molecule has 0 radical (unpaired) electrons. The molecule has 1 aromatic heterocycles. The molecule has 1 saturated heterocycles. The van der Waals surface area contributed by atoms with Crippen molar-refractivity contribution < 1.29 is 9.18 Å². The fraction of sp³-hybridized carbons (Fsp3) is 0.400. The number of carbonyl (C=O) groups excluding carboxylic acids is 1. The number of hydrogen-bond donors (Lipinski definition) is 0. The summed E-state index contributed by atoms with van der Waals surface area (Å²) in [6, 6.07) is 3.37. The van der Waals surface area contributed by atoms with E-state index in [4.69, 9.17) is 5.26 Å². The predicted molar refractivity (Wildman–Crippen MR) is 53.5 cm³/mol. The molecule has 2 rings (SSSR count). The molecule has 0 bridgehead atoms. The SMILES string of the molecule is N#Cc1ccnc(N2CCC(F)C(=O)C2)n1. The van der Waals surface area contributed by atoms with Gasteiger partial charge in [-0.25, -0.2) is 14.4 Å². The van der Waals surface area contributed by atoms with Gasteiger partial charge in [-0.15, -0.1) is 0 Å². The third-order valence-electron chi connectivity index (χ3n) is 2.39. The summed E-state index contributed by atoms with van der Waals surface area (Å²) in [4.78, 5) is 20.7. The molecule has 0 aliphatic carbocycles. The summed E-state index contributed by atoms with van der Waals surface area (Å²) in [5.74, 6) is -0.156. The number of halogens is 1. The van der Waals surface area contributed by atoms with Crippen LogP contribution in [-0.2, 0) is 4.79 Å². The van der Waals surface area contributed by atoms with E-state index in [1.807, 2.05) is 6.07 Å². The molecule has 5 nitrogen and oxygen atoms in total. The van der Waals surface area contributed by atoms with Crippen LogP contribution in [0.3, 0.4) is 0 Å². The standard InChI is InChI=1S/C10H9FN4O/c11-8-2-4-15(6-9(8)16)10-13-3-1-7(5-12)14-10/h1,3,8H,2,4,6H2. The van der Waals surface area contributed by atoms with Gasteiger partial charge in [0.1, 0.15) is 11.8 Å². The number of hydrogen-bond acceptors (Lipinski definition) is 5. The summed E-state index contributed by atoms with van der Waals surface area (Å²) >= 11 is 0. The smallest absolute Gasteiger partial charge is 0.226 e. The van der Waals surface area contributed by atoms with Crippen LogP contribution in [0.2, 0.25) is 0 Å². The van der Waals surface area contributed by atoms with E-state index in [0.717, 1.165) is 0 Å². The molecule has 0 amide bonds. The van der Waals surface area contributed by atoms with Crippen molar-refractivity contribution in [2.75, 3.05) is 18.0 Å². The molecule has 16 heavy (non-hydrogen) atoms. The second-order valence-corrected chi connectivity index (χ2v) is 3.50. The molecular weight excluding hydrogens is 211 g/mol. The van der Waals surface area contributed by atoms with E-state index in [0.29, 0.717) is 12.5 Å². The van der Waals surface area contributed by atoms with Gasteiger partial charge in [-0.05, 0) is 6.07 Å². The lowest BCUT2D eigenvalue weighted by Gasteiger charge is -2.27. The van der Waals surface area contributed by atoms with Crippen molar-refractivity contribution >= 4 is 11.7 Å². The zero-order valence-corrected chi connectivity index (χ0v) is 8.43. The molecule has 0 N–H and O–H groups in total. The lowest BCUT2D eigenvalue weighted by atomic mass is 10.1. The van der Waals surface area contributed by atoms with Gasteiger partial charge < -0.3 is 4.90 Å². The van der Waals surface area contributed by atoms with Crippen molar-refractivity contribution in [3.63, 3.8) is 0 Å². The Labute approximate surface area is 91.5 Å². The molecule has 1 aliphatic rings. The Kier molecular flexibility index (Phi) is 2.77. The summed E-state index contributed by atoms with van der Waals surface area (Å²) in [6.45, 7) is 0.359. The lowest BCUT2D eigenvalue weighted by molar-refractivity contribution is -0.123. The van der Waals surface area contributed by atoms with Crippen molar-refractivity contribution in [1.82, 2.24) is 9.97 Å². The molecule has 1 fully saturated rings. The number of ketones is 1. The van der Waals surface area contributed by atoms with E-state index in [-0.39, 0.29) is 18.7 Å². The van der Waals surface area contributed by atoms with Crippen LogP contribution in [0.25, 0.3) is 0 Å². The fourth-order valence-electron chi connectivity index (χ4n) is 1.53. The Balaban J connectivity index is 2.19. The van der Waals surface area contributed by atoms with Crippen LogP contribution >= 0.6 is 0 Å². The molecule has 2 heterocycles. The minimum absolute atomic E-state index is 0.0317. The van der Waals surface area contributed by atoms with E-state index < -0.39 is 12.0 Å². The number of nitrogens with zero attached hydrogens (tertiary/aromatic N) is 4. The molecule has 0 saturated carbocycles. The minimum atomic E-state index is -1.38. The van der Waals surface area contributed by atoms with Gasteiger partial charge in [-0.2, -0.15) is 5.26 Å². The van der Waals surface area contributed by atoms with Gasteiger partial charge in [0.2, 0.25) is 5.95 Å². The first-order valence-electron chi connectivity index (χ1n) is 4.85. The second-order valence-electron chi connectivity index (χ2n) is 3.50. The Morgan fingerprint density at radius 1 is 1.62 bits per heavy atom. The van der Waals surface area contributed by atoms with Crippen LogP contribution in [0, 0.1) is 11.3 Å². The quantitative estimate of drug-likeness (QED) is 0.687. The maximum Gasteiger partial charge on any atom is 0.226 e. The Hall–Kier alpha value is -2.03. The van der Waals surface area contributed by atoms with Crippen molar-refractivity contribution in [1.29, 1.82) is 5.26 Å². The van der Waals surface area contributed by atoms with Gasteiger partial charge in [0.25, 0.3) is 0 Å². The molecule has 82 valence electrons. The normalized spacial score (nSPS) is 20.6. The van der Waals surface area contributed by atoms with E-state index >= 15 is 0 Å².